The highest BCUT2D eigenvalue weighted by Gasteiger charge is 2.42. The molecular weight excluding hydrogens is 318 g/mol. The zero-order valence-corrected chi connectivity index (χ0v) is 14.3. The van der Waals surface area contributed by atoms with Crippen LogP contribution in [0.15, 0.2) is 11.4 Å². The number of carbonyl (C=O) groups is 3. The summed E-state index contributed by atoms with van der Waals surface area (Å²) >= 11 is 1.55. The zero-order valence-electron chi connectivity index (χ0n) is 13.5. The van der Waals surface area contributed by atoms with Crippen LogP contribution in [0.5, 0.6) is 0 Å². The Morgan fingerprint density at radius 3 is 2.57 bits per heavy atom. The summed E-state index contributed by atoms with van der Waals surface area (Å²) in [5, 5.41) is 11.2. The van der Waals surface area contributed by atoms with Crippen molar-refractivity contribution in [2.45, 2.75) is 25.9 Å². The van der Waals surface area contributed by atoms with Crippen molar-refractivity contribution in [3.63, 3.8) is 0 Å². The molecule has 0 saturated carbocycles. The van der Waals surface area contributed by atoms with Gasteiger partial charge in [-0.2, -0.15) is 0 Å². The van der Waals surface area contributed by atoms with Crippen molar-refractivity contribution < 1.29 is 19.5 Å². The monoisotopic (exact) mass is 339 g/mol. The van der Waals surface area contributed by atoms with Crippen molar-refractivity contribution in [3.05, 3.63) is 21.9 Å². The number of aliphatic hydroxyl groups is 1. The van der Waals surface area contributed by atoms with E-state index in [1.807, 2.05) is 18.4 Å². The number of aliphatic hydroxyl groups excluding tert-OH is 1. The fourth-order valence-corrected chi connectivity index (χ4v) is 3.44. The van der Waals surface area contributed by atoms with Crippen LogP contribution < -0.4 is 0 Å². The van der Waals surface area contributed by atoms with E-state index in [0.29, 0.717) is 6.54 Å². The topological polar surface area (TPSA) is 81.2 Å². The van der Waals surface area contributed by atoms with Gasteiger partial charge < -0.3 is 14.9 Å². The quantitative estimate of drug-likeness (QED) is 0.772. The summed E-state index contributed by atoms with van der Waals surface area (Å²) in [5.41, 5.74) is 1.09. The van der Waals surface area contributed by atoms with Gasteiger partial charge in [0.2, 0.25) is 5.91 Å². The molecule has 1 saturated heterocycles. The lowest BCUT2D eigenvalue weighted by Gasteiger charge is -2.24. The number of rotatable bonds is 6. The maximum atomic E-state index is 12.5. The Morgan fingerprint density at radius 1 is 1.39 bits per heavy atom. The second-order valence-corrected chi connectivity index (χ2v) is 6.58. The van der Waals surface area contributed by atoms with Crippen molar-refractivity contribution in [1.82, 2.24) is 14.7 Å². The number of hydrogen-bond acceptors (Lipinski definition) is 5. The third-order valence-corrected chi connectivity index (χ3v) is 5.07. The molecule has 1 aliphatic heterocycles. The van der Waals surface area contributed by atoms with E-state index >= 15 is 0 Å². The Bertz CT molecular complexity index is 616. The molecule has 1 atom stereocenters. The van der Waals surface area contributed by atoms with Crippen LogP contribution in [0.1, 0.15) is 16.9 Å². The molecule has 2 rings (SSSR count). The Labute approximate surface area is 139 Å². The van der Waals surface area contributed by atoms with E-state index in [9.17, 15) is 19.5 Å². The van der Waals surface area contributed by atoms with Gasteiger partial charge in [-0.1, -0.05) is 0 Å². The third-order valence-electron chi connectivity index (χ3n) is 4.07. The number of likely N-dealkylation sites (N-methyl/N-ethyl adjacent to an activating group) is 2. The summed E-state index contributed by atoms with van der Waals surface area (Å²) in [7, 11) is 2.92. The highest BCUT2D eigenvalue weighted by molar-refractivity contribution is 7.10. The number of imide groups is 1. The van der Waals surface area contributed by atoms with Gasteiger partial charge in [0.25, 0.3) is 5.91 Å². The van der Waals surface area contributed by atoms with Crippen LogP contribution in [-0.4, -0.2) is 70.9 Å². The Morgan fingerprint density at radius 2 is 2.09 bits per heavy atom. The molecule has 0 spiro atoms. The highest BCUT2D eigenvalue weighted by atomic mass is 32.1. The van der Waals surface area contributed by atoms with Crippen LogP contribution in [-0.2, 0) is 16.1 Å². The predicted octanol–water partition coefficient (Wildman–Crippen LogP) is 0.660. The van der Waals surface area contributed by atoms with Gasteiger partial charge in [0.05, 0.1) is 19.6 Å². The molecule has 0 bridgehead atoms. The molecule has 0 radical (unpaired) electrons. The average Bonchev–Trinajstić information content (AvgIpc) is 3.00. The molecule has 0 aliphatic carbocycles. The standard InChI is InChI=1S/C15H21N3O4S/c1-10-4-7-23-12(10)9-18(5-6-19)13(20)8-11-14(21)17(3)15(22)16(11)2/h4,7,11,19H,5-6,8-9H2,1-3H3/t11-/m1/s1. The molecule has 0 unspecified atom stereocenters. The second-order valence-electron chi connectivity index (χ2n) is 5.58. The summed E-state index contributed by atoms with van der Waals surface area (Å²) in [5.74, 6) is -0.623. The lowest BCUT2D eigenvalue weighted by molar-refractivity contribution is -0.137. The number of aryl methyl sites for hydroxylation is 1. The van der Waals surface area contributed by atoms with Gasteiger partial charge in [-0.15, -0.1) is 11.3 Å². The molecule has 1 aromatic rings. The molecule has 8 heteroatoms. The molecule has 2 heterocycles. The molecule has 4 amide bonds. The van der Waals surface area contributed by atoms with Crippen LogP contribution in [0.2, 0.25) is 0 Å². The molecule has 23 heavy (non-hydrogen) atoms. The van der Waals surface area contributed by atoms with Crippen LogP contribution in [0, 0.1) is 6.92 Å². The first kappa shape index (κ1) is 17.4. The number of urea groups is 1. The summed E-state index contributed by atoms with van der Waals surface area (Å²) in [6.07, 6.45) is -0.0736. The van der Waals surface area contributed by atoms with Crippen molar-refractivity contribution in [2.75, 3.05) is 27.2 Å². The maximum absolute atomic E-state index is 12.5. The van der Waals surface area contributed by atoms with Gasteiger partial charge in [0, 0.05) is 25.5 Å². The number of carbonyl (C=O) groups excluding carboxylic acids is 3. The van der Waals surface area contributed by atoms with Gasteiger partial charge in [-0.25, -0.2) is 4.79 Å². The third kappa shape index (κ3) is 3.53. The van der Waals surface area contributed by atoms with Crippen molar-refractivity contribution >= 4 is 29.2 Å². The smallest absolute Gasteiger partial charge is 0.326 e. The Kier molecular flexibility index (Phi) is 5.38. The van der Waals surface area contributed by atoms with Crippen LogP contribution >= 0.6 is 11.3 Å². The first-order valence-electron chi connectivity index (χ1n) is 7.32. The summed E-state index contributed by atoms with van der Waals surface area (Å²) < 4.78 is 0. The fourth-order valence-electron chi connectivity index (χ4n) is 2.52. The van der Waals surface area contributed by atoms with Crippen LogP contribution in [0.4, 0.5) is 4.79 Å². The van der Waals surface area contributed by atoms with Crippen molar-refractivity contribution in [1.29, 1.82) is 0 Å². The normalized spacial score (nSPS) is 18.0. The first-order chi connectivity index (χ1) is 10.9. The Hall–Kier alpha value is -1.93. The molecule has 1 N–H and O–H groups in total. The van der Waals surface area contributed by atoms with E-state index in [-0.39, 0.29) is 31.4 Å². The van der Waals surface area contributed by atoms with Gasteiger partial charge in [0.15, 0.2) is 0 Å². The minimum atomic E-state index is -0.773. The lowest BCUT2D eigenvalue weighted by atomic mass is 10.1. The highest BCUT2D eigenvalue weighted by Crippen LogP contribution is 2.21. The number of hydrogen-bond donors (Lipinski definition) is 1. The van der Waals surface area contributed by atoms with Gasteiger partial charge in [-0.05, 0) is 23.9 Å². The Balaban J connectivity index is 2.08. The van der Waals surface area contributed by atoms with E-state index in [2.05, 4.69) is 0 Å². The molecule has 1 fully saturated rings. The number of thiophene rings is 1. The van der Waals surface area contributed by atoms with Gasteiger partial charge in [-0.3, -0.25) is 14.5 Å². The fraction of sp³-hybridized carbons (Fsp3) is 0.533. The van der Waals surface area contributed by atoms with Crippen molar-refractivity contribution in [2.24, 2.45) is 0 Å². The van der Waals surface area contributed by atoms with Crippen molar-refractivity contribution in [3.8, 4) is 0 Å². The molecule has 1 aromatic heterocycles. The minimum Gasteiger partial charge on any atom is -0.395 e. The minimum absolute atomic E-state index is 0.0736. The summed E-state index contributed by atoms with van der Waals surface area (Å²) in [6, 6.07) is 0.796. The van der Waals surface area contributed by atoms with Crippen LogP contribution in [0.25, 0.3) is 0 Å². The molecule has 1 aliphatic rings. The SMILES string of the molecule is Cc1ccsc1CN(CCO)C(=O)C[C@@H]1C(=O)N(C)C(=O)N1C. The van der Waals surface area contributed by atoms with Crippen LogP contribution in [0.3, 0.4) is 0 Å². The van der Waals surface area contributed by atoms with E-state index in [4.69, 9.17) is 0 Å². The molecule has 7 nitrogen and oxygen atoms in total. The first-order valence-corrected chi connectivity index (χ1v) is 8.20. The number of amides is 4. The van der Waals surface area contributed by atoms with Gasteiger partial charge in [0.1, 0.15) is 6.04 Å². The maximum Gasteiger partial charge on any atom is 0.326 e. The van der Waals surface area contributed by atoms with Gasteiger partial charge >= 0.3 is 6.03 Å². The van der Waals surface area contributed by atoms with E-state index < -0.39 is 12.1 Å². The lowest BCUT2D eigenvalue weighted by Crippen LogP contribution is -2.40. The summed E-state index contributed by atoms with van der Waals surface area (Å²) in [6.45, 7) is 2.42. The predicted molar refractivity (Wildman–Crippen MR) is 85.9 cm³/mol. The second kappa shape index (κ2) is 7.10. The average molecular weight is 339 g/mol. The van der Waals surface area contributed by atoms with E-state index in [0.717, 1.165) is 15.3 Å². The molecule has 0 aromatic carbocycles. The molecule has 126 valence electrons. The summed E-state index contributed by atoms with van der Waals surface area (Å²) in [4.78, 5) is 41.3. The molecular formula is C15H21N3O4S. The van der Waals surface area contributed by atoms with E-state index in [1.165, 1.54) is 23.9 Å². The largest absolute Gasteiger partial charge is 0.395 e. The number of nitrogens with zero attached hydrogens (tertiary/aromatic N) is 3. The zero-order chi connectivity index (χ0) is 17.1. The van der Waals surface area contributed by atoms with E-state index in [1.54, 1.807) is 11.3 Å².